The molecule has 0 aromatic heterocycles. The van der Waals surface area contributed by atoms with Crippen molar-refractivity contribution in [2.45, 2.75) is 391 Å². The van der Waals surface area contributed by atoms with E-state index >= 15 is 0 Å². The third-order valence-corrected chi connectivity index (χ3v) is 26.5. The van der Waals surface area contributed by atoms with Gasteiger partial charge in [-0.3, -0.25) is 28.5 Å². The monoisotopic (exact) mass is 2160 g/mol. The first-order valence-electron chi connectivity index (χ1n) is 45.8. The molecule has 0 aliphatic carbocycles. The summed E-state index contributed by atoms with van der Waals surface area (Å²) >= 11 is 0. The van der Waals surface area contributed by atoms with E-state index in [1.54, 1.807) is 0 Å². The van der Waals surface area contributed by atoms with Gasteiger partial charge in [-0.05, 0) is 6.92 Å². The number of aliphatic hydroxyl groups is 29. The van der Waals surface area contributed by atoms with Gasteiger partial charge in [-0.15, -0.1) is 0 Å². The van der Waals surface area contributed by atoms with Crippen LogP contribution >= 0.6 is 0 Å². The molecule has 11 heterocycles. The Morgan fingerprint density at radius 3 is 1.10 bits per heavy atom. The van der Waals surface area contributed by atoms with Gasteiger partial charge in [0.2, 0.25) is 29.5 Å². The highest BCUT2D eigenvalue weighted by Crippen LogP contribution is 2.43. The SMILES string of the molecule is CC(=O)N[C@@H]1[C@H](O[C@@H]2[C@@H](O[C@@H]3[C@H](O)[C@H](O[C@H]4[C@H](O)[C@@H](NC(C)=O)[C@H](O[C@H]5[C@H](O)[C@@H](NC(C)=O)[C@H](O)O[C@@H]5CO[C@@H]5O[C@@H](C)[C@@H](O)[C@@H](O)[C@@H]5O)O[C@@H]4CO)O[C@H](CO[C@H]4O[C@H](CO)[C@@H](O)[C@H](O)[C@@H]4O[C@@H]4O[C@H](CO)[C@@H](O[C@@H]5O[C@H](CO)[C@H](O)[C@H](O)[C@H]5O)[C@H](O)[C@H]4NC(C)=O)[C@H]3O)O[C@H](CO)[C@@H](O)[C@@H]2O)O[C@H](COS(=O)(=O)O)[C@@H](O[C@@H]2O[C@H](CO[C@]3(C(=O)O)C[C@H](O)[C@@H](NC(C)=O)[C@H]([C@H](O)[C@H](O)CO)O3)[C@H](O)[C@H](O)[C@H]2O)[C@@H]1O. The number of amides is 5. The quantitative estimate of drug-likeness (QED) is 0.0253. The number of aliphatic hydroxyl groups excluding tert-OH is 29. The summed E-state index contributed by atoms with van der Waals surface area (Å²) in [6.07, 6.45) is -113. The number of carboxylic acid groups (broad SMARTS) is 1. The van der Waals surface area contributed by atoms with Crippen LogP contribution in [0.25, 0.3) is 0 Å². The van der Waals surface area contributed by atoms with Gasteiger partial charge in [-0.25, -0.2) is 8.98 Å². The molecule has 11 fully saturated rings. The molecule has 146 heavy (non-hydrogen) atoms. The smallest absolute Gasteiger partial charge is 0.397 e. The lowest BCUT2D eigenvalue weighted by Gasteiger charge is -2.51. The summed E-state index contributed by atoms with van der Waals surface area (Å²) in [6.45, 7) is -6.81. The normalized spacial score (nSPS) is 47.2. The second kappa shape index (κ2) is 51.8. The van der Waals surface area contributed by atoms with E-state index in [9.17, 15) is 195 Å². The Morgan fingerprint density at radius 1 is 0.329 bits per heavy atom. The maximum Gasteiger partial charge on any atom is 0.397 e. The van der Waals surface area contributed by atoms with E-state index in [1.807, 2.05) is 0 Å². The van der Waals surface area contributed by atoms with Gasteiger partial charge in [0.15, 0.2) is 62.9 Å². The fourth-order valence-electron chi connectivity index (χ4n) is 18.4. The summed E-state index contributed by atoms with van der Waals surface area (Å²) in [5.74, 6) is -10.3. The van der Waals surface area contributed by atoms with E-state index in [2.05, 4.69) is 30.8 Å². The zero-order chi connectivity index (χ0) is 108. The maximum atomic E-state index is 13.4. The molecular weight excluding hydrogens is 2030 g/mol. The molecule has 0 aromatic rings. The number of ether oxygens (including phenoxy) is 21. The van der Waals surface area contributed by atoms with Crippen LogP contribution < -0.4 is 26.6 Å². The molecule has 11 saturated heterocycles. The highest BCUT2D eigenvalue weighted by Gasteiger charge is 2.64. The van der Waals surface area contributed by atoms with E-state index in [-0.39, 0.29) is 0 Å². The average Bonchev–Trinajstić information content (AvgIpc) is 0.756. The summed E-state index contributed by atoms with van der Waals surface area (Å²) in [5.41, 5.74) is 0. The van der Waals surface area contributed by atoms with Gasteiger partial charge in [0.05, 0.1) is 84.3 Å². The number of nitrogens with one attached hydrogen (secondary N) is 5. The summed E-state index contributed by atoms with van der Waals surface area (Å²) in [6, 6.07) is -10.0. The van der Waals surface area contributed by atoms with Gasteiger partial charge in [0.25, 0.3) is 5.79 Å². The van der Waals surface area contributed by atoms with Crippen molar-refractivity contribution in [3.8, 4) is 0 Å². The van der Waals surface area contributed by atoms with Crippen LogP contribution in [0.15, 0.2) is 0 Å². The molecule has 0 spiro atoms. The van der Waals surface area contributed by atoms with Crippen LogP contribution in [-0.2, 0) is 143 Å². The molecule has 11 aliphatic heterocycles. The van der Waals surface area contributed by atoms with E-state index in [0.717, 1.165) is 34.6 Å². The second-order valence-electron chi connectivity index (χ2n) is 36.5. The number of aliphatic carboxylic acids is 1. The highest BCUT2D eigenvalue weighted by atomic mass is 32.3. The van der Waals surface area contributed by atoms with Crippen LogP contribution in [0.2, 0.25) is 0 Å². The van der Waals surface area contributed by atoms with Crippen molar-refractivity contribution >= 4 is 45.9 Å². The van der Waals surface area contributed by atoms with Gasteiger partial charge in [0, 0.05) is 41.0 Å². The molecule has 0 saturated carbocycles. The van der Waals surface area contributed by atoms with Gasteiger partial charge in [-0.2, -0.15) is 8.42 Å². The minimum absolute atomic E-state index is 0.774. The predicted molar refractivity (Wildman–Crippen MR) is 447 cm³/mol. The first-order chi connectivity index (χ1) is 68.6. The molecule has 0 aromatic carbocycles. The lowest BCUT2D eigenvalue weighted by Crippen LogP contribution is -2.71. The molecule has 11 rings (SSSR count). The molecule has 0 bridgehead atoms. The zero-order valence-corrected chi connectivity index (χ0v) is 78.9. The Bertz CT molecular complexity index is 4300. The Hall–Kier alpha value is -5.31. The topological polar surface area (TPSA) is 1030 Å². The number of rotatable bonds is 40. The van der Waals surface area contributed by atoms with Crippen LogP contribution in [0, 0.1) is 0 Å². The third kappa shape index (κ3) is 27.6. The van der Waals surface area contributed by atoms with Gasteiger partial charge in [0.1, 0.15) is 256 Å². The van der Waals surface area contributed by atoms with E-state index in [1.165, 1.54) is 6.92 Å². The Labute approximate surface area is 825 Å². The van der Waals surface area contributed by atoms with Crippen LogP contribution in [-0.4, -0.2) is 611 Å². The van der Waals surface area contributed by atoms with Crippen LogP contribution in [0.4, 0.5) is 0 Å². The van der Waals surface area contributed by atoms with Crippen molar-refractivity contribution in [1.82, 2.24) is 26.6 Å². The number of hydrogen-bond donors (Lipinski definition) is 36. The minimum Gasteiger partial charge on any atom is -0.477 e. The molecule has 56 atom stereocenters. The lowest BCUT2D eigenvalue weighted by molar-refractivity contribution is -0.399. The third-order valence-electron chi connectivity index (χ3n) is 26.1. The summed E-state index contributed by atoms with van der Waals surface area (Å²) in [5, 5.41) is 350. The Morgan fingerprint density at radius 2 is 0.658 bits per heavy atom. The molecule has 5 amide bonds. The van der Waals surface area contributed by atoms with Crippen molar-refractivity contribution in [1.29, 1.82) is 0 Å². The van der Waals surface area contributed by atoms with Gasteiger partial charge >= 0.3 is 16.4 Å². The number of carboxylic acids is 1. The minimum atomic E-state index is -5.71. The van der Waals surface area contributed by atoms with E-state index < -0.39 is 461 Å². The highest BCUT2D eigenvalue weighted by molar-refractivity contribution is 7.80. The first-order valence-corrected chi connectivity index (χ1v) is 47.1. The number of carbonyl (C=O) groups is 6. The van der Waals surface area contributed by atoms with Gasteiger partial charge < -0.3 is 279 Å². The molecule has 11 aliphatic rings. The van der Waals surface area contributed by atoms with E-state index in [0.29, 0.717) is 0 Å². The average molecular weight is 2160 g/mol. The van der Waals surface area contributed by atoms with Crippen LogP contribution in [0.1, 0.15) is 48.0 Å². The molecule has 66 nitrogen and oxygen atoms in total. The van der Waals surface area contributed by atoms with Crippen molar-refractivity contribution in [3.05, 3.63) is 0 Å². The van der Waals surface area contributed by atoms with Crippen molar-refractivity contribution < 1.29 is 299 Å². The van der Waals surface area contributed by atoms with Crippen molar-refractivity contribution in [2.75, 3.05) is 66.1 Å². The maximum absolute atomic E-state index is 13.4. The molecular formula is C79H131N5O61S. The molecule has 0 unspecified atom stereocenters. The fourth-order valence-corrected chi connectivity index (χ4v) is 18.7. The zero-order valence-electron chi connectivity index (χ0n) is 78.1. The lowest BCUT2D eigenvalue weighted by atomic mass is 9.88. The van der Waals surface area contributed by atoms with Crippen molar-refractivity contribution in [3.63, 3.8) is 0 Å². The largest absolute Gasteiger partial charge is 0.477 e. The Kier molecular flexibility index (Phi) is 42.9. The van der Waals surface area contributed by atoms with E-state index in [4.69, 9.17) is 99.5 Å². The predicted octanol–water partition coefficient (Wildman–Crippen LogP) is -24.2. The summed E-state index contributed by atoms with van der Waals surface area (Å²) < 4.78 is 164. The van der Waals surface area contributed by atoms with Crippen molar-refractivity contribution in [2.24, 2.45) is 0 Å². The molecule has 0 radical (unpaired) electrons. The molecule has 844 valence electrons. The molecule has 36 N–H and O–H groups in total. The van der Waals surface area contributed by atoms with Gasteiger partial charge in [-0.1, -0.05) is 0 Å². The summed E-state index contributed by atoms with van der Waals surface area (Å²) in [4.78, 5) is 77.7. The second-order valence-corrected chi connectivity index (χ2v) is 37.6. The summed E-state index contributed by atoms with van der Waals surface area (Å²) in [7, 11) is -5.71. The number of carbonyl (C=O) groups excluding carboxylic acids is 5. The number of hydrogen-bond acceptors (Lipinski definition) is 59. The fraction of sp³-hybridized carbons (Fsp3) is 0.924. The first kappa shape index (κ1) is 121. The van der Waals surface area contributed by atoms with Crippen LogP contribution in [0.5, 0.6) is 0 Å². The molecule has 67 heteroatoms. The Balaban J connectivity index is 0.929. The standard InChI is InChI=1S/C79H131N5O61S/c1-18-40(98)51(109)56(114)72(128-18)124-15-33-62(47(105)36(68(118)129-33)81-20(3)92)138-69-37(82-21(4)93)48(106)61(30(13-90)133-69)140-75-59(117)65(46(104)31(135-75)14-125-76-66(54(112)43(101)27(10-87)131-76)143-70-38(83-22(5)94)49(107)60(29(12-89)134-70)139-73-57(115)52(110)42(100)26(9-86)130-73)142-77-67(55(113)44(102)28(11-88)132-77)144-71-39(84-23(6)95)50(108)63(34(137-71)17-127-146(121,122)123)141-74-58(116)53(111)45(103)32(136-74)16-126-79(78(119)120)7-24(96)35(80-19(2)91)64(145-79)41(99)25(97)8-85/h18,24-77,85-90,96-118H,7-17H2,1-6H3,(H,80,91)(H,81,92)(H,82,93)(H,83,94)(H,84,95)(H,119,120)(H,121,122,123)/t18-,24-,25+,26+,27+,28+,29+,30+,31+,32+,33+,34+,35+,36+,37+,38+,39-,40+,41+,42-,43+,44+,45-,46+,47+,48+,49+,50+,51+,52-,53-,54-,55-,56-,57+,58+,59-,60+,61+,62+,63+,64+,65-,66-,67-,68+,69-,70-,71-,72+,73-,74-,75-,76-,77+,79+/m0/s1. The van der Waals surface area contributed by atoms with Crippen LogP contribution in [0.3, 0.4) is 0 Å².